The minimum Gasteiger partial charge on any atom is -0.328 e. The van der Waals surface area contributed by atoms with Gasteiger partial charge in [-0.15, -0.1) is 5.10 Å². The number of nitrogens with one attached hydrogen (secondary N) is 3. The van der Waals surface area contributed by atoms with E-state index in [0.717, 1.165) is 11.3 Å². The number of rotatable bonds is 7. The van der Waals surface area contributed by atoms with E-state index in [1.165, 1.54) is 24.2 Å². The number of carbonyl (C=O) groups excluding carboxylic acids is 2. The SMILES string of the molecule is CC(=O)Nc1ccc([C@H]2C(C(=O)Nc3ccccc3)=C(C)Nc3nc(SCc4ccccc4)nn32)cc1. The van der Waals surface area contributed by atoms with Gasteiger partial charge in [-0.25, -0.2) is 4.68 Å². The Morgan fingerprint density at radius 3 is 2.24 bits per heavy atom. The maximum atomic E-state index is 13.6. The maximum Gasteiger partial charge on any atom is 0.255 e. The molecule has 0 spiro atoms. The van der Waals surface area contributed by atoms with Crippen molar-refractivity contribution >= 4 is 40.9 Å². The van der Waals surface area contributed by atoms with Crippen molar-refractivity contribution in [2.75, 3.05) is 16.0 Å². The fourth-order valence-corrected chi connectivity index (χ4v) is 4.97. The zero-order valence-electron chi connectivity index (χ0n) is 20.4. The van der Waals surface area contributed by atoms with Crippen molar-refractivity contribution in [1.29, 1.82) is 0 Å². The van der Waals surface area contributed by atoms with Crippen LogP contribution in [0.25, 0.3) is 0 Å². The van der Waals surface area contributed by atoms with Crippen LogP contribution in [-0.2, 0) is 15.3 Å². The number of thioether (sulfide) groups is 1. The molecule has 3 N–H and O–H groups in total. The number of nitrogens with zero attached hydrogens (tertiary/aromatic N) is 3. The Hall–Kier alpha value is -4.37. The van der Waals surface area contributed by atoms with Crippen molar-refractivity contribution in [2.45, 2.75) is 30.8 Å². The van der Waals surface area contributed by atoms with Gasteiger partial charge >= 0.3 is 0 Å². The molecule has 0 fully saturated rings. The number of amides is 2. The predicted molar refractivity (Wildman–Crippen MR) is 146 cm³/mol. The molecule has 5 rings (SSSR count). The van der Waals surface area contributed by atoms with E-state index in [-0.39, 0.29) is 11.8 Å². The highest BCUT2D eigenvalue weighted by Gasteiger charge is 2.34. The van der Waals surface area contributed by atoms with Crippen molar-refractivity contribution in [3.05, 3.63) is 107 Å². The van der Waals surface area contributed by atoms with E-state index in [4.69, 9.17) is 10.1 Å². The molecule has 2 amide bonds. The monoisotopic (exact) mass is 510 g/mol. The van der Waals surface area contributed by atoms with E-state index in [2.05, 4.69) is 28.1 Å². The third-order valence-electron chi connectivity index (χ3n) is 5.87. The fourth-order valence-electron chi connectivity index (χ4n) is 4.19. The van der Waals surface area contributed by atoms with Crippen molar-refractivity contribution < 1.29 is 9.59 Å². The minimum atomic E-state index is -0.509. The Morgan fingerprint density at radius 1 is 0.919 bits per heavy atom. The summed E-state index contributed by atoms with van der Waals surface area (Å²) in [6, 6.07) is 26.4. The second kappa shape index (κ2) is 10.7. The van der Waals surface area contributed by atoms with E-state index in [1.54, 1.807) is 4.68 Å². The Balaban J connectivity index is 1.49. The Kier molecular flexibility index (Phi) is 7.04. The van der Waals surface area contributed by atoms with Crippen LogP contribution in [0.2, 0.25) is 0 Å². The molecule has 0 aliphatic carbocycles. The Morgan fingerprint density at radius 2 is 1.57 bits per heavy atom. The van der Waals surface area contributed by atoms with Gasteiger partial charge in [0.15, 0.2) is 0 Å². The second-order valence-corrected chi connectivity index (χ2v) is 9.57. The molecule has 4 aromatic rings. The molecule has 1 atom stereocenters. The molecule has 37 heavy (non-hydrogen) atoms. The summed E-state index contributed by atoms with van der Waals surface area (Å²) in [5.74, 6) is 0.924. The van der Waals surface area contributed by atoms with Crippen LogP contribution in [0.4, 0.5) is 17.3 Å². The number of allylic oxidation sites excluding steroid dienone is 1. The minimum absolute atomic E-state index is 0.146. The Labute approximate surface area is 219 Å². The highest BCUT2D eigenvalue weighted by molar-refractivity contribution is 7.98. The van der Waals surface area contributed by atoms with Crippen LogP contribution >= 0.6 is 11.8 Å². The second-order valence-electron chi connectivity index (χ2n) is 8.63. The molecule has 0 radical (unpaired) electrons. The van der Waals surface area contributed by atoms with Crippen LogP contribution in [0.5, 0.6) is 0 Å². The average Bonchev–Trinajstić information content (AvgIpc) is 3.30. The number of fused-ring (bicyclic) bond motifs is 1. The first-order valence-electron chi connectivity index (χ1n) is 11.8. The van der Waals surface area contributed by atoms with Gasteiger partial charge in [0.05, 0.1) is 5.57 Å². The van der Waals surface area contributed by atoms with E-state index >= 15 is 0 Å². The number of aromatic nitrogens is 3. The number of benzene rings is 3. The number of anilines is 3. The van der Waals surface area contributed by atoms with Gasteiger partial charge in [-0.05, 0) is 42.3 Å². The van der Waals surface area contributed by atoms with Crippen LogP contribution < -0.4 is 16.0 Å². The van der Waals surface area contributed by atoms with Crippen LogP contribution in [0.15, 0.2) is 101 Å². The highest BCUT2D eigenvalue weighted by atomic mass is 32.2. The first-order valence-corrected chi connectivity index (χ1v) is 12.8. The van der Waals surface area contributed by atoms with Crippen molar-refractivity contribution in [3.8, 4) is 0 Å². The van der Waals surface area contributed by atoms with Gasteiger partial charge in [0, 0.05) is 29.7 Å². The van der Waals surface area contributed by atoms with E-state index in [1.807, 2.05) is 79.7 Å². The maximum absolute atomic E-state index is 13.6. The molecule has 0 unspecified atom stereocenters. The van der Waals surface area contributed by atoms with Crippen LogP contribution in [-0.4, -0.2) is 26.6 Å². The van der Waals surface area contributed by atoms with Crippen molar-refractivity contribution in [1.82, 2.24) is 14.8 Å². The summed E-state index contributed by atoms with van der Waals surface area (Å²) < 4.78 is 1.76. The van der Waals surface area contributed by atoms with Gasteiger partial charge in [-0.3, -0.25) is 9.59 Å². The van der Waals surface area contributed by atoms with Gasteiger partial charge < -0.3 is 16.0 Å². The third kappa shape index (κ3) is 5.57. The summed E-state index contributed by atoms with van der Waals surface area (Å²) in [4.78, 5) is 29.8. The molecule has 0 saturated carbocycles. The van der Waals surface area contributed by atoms with Gasteiger partial charge in [-0.1, -0.05) is 72.4 Å². The highest BCUT2D eigenvalue weighted by Crippen LogP contribution is 2.37. The molecule has 8 nitrogen and oxygen atoms in total. The molecule has 1 aliphatic rings. The zero-order valence-corrected chi connectivity index (χ0v) is 21.3. The smallest absolute Gasteiger partial charge is 0.255 e. The molecule has 3 aromatic carbocycles. The Bertz CT molecular complexity index is 1450. The van der Waals surface area contributed by atoms with Gasteiger partial charge in [0.1, 0.15) is 6.04 Å². The van der Waals surface area contributed by atoms with E-state index in [9.17, 15) is 9.59 Å². The summed E-state index contributed by atoms with van der Waals surface area (Å²) in [5.41, 5.74) is 4.64. The first-order chi connectivity index (χ1) is 18.0. The molecular formula is C28H26N6O2S. The lowest BCUT2D eigenvalue weighted by molar-refractivity contribution is -0.114. The van der Waals surface area contributed by atoms with E-state index in [0.29, 0.717) is 33.7 Å². The molecule has 1 aromatic heterocycles. The van der Waals surface area contributed by atoms with Gasteiger partial charge in [0.2, 0.25) is 17.0 Å². The molecule has 186 valence electrons. The lowest BCUT2D eigenvalue weighted by Gasteiger charge is -2.28. The average molecular weight is 511 g/mol. The normalized spacial score (nSPS) is 14.5. The van der Waals surface area contributed by atoms with Crippen LogP contribution in [0, 0.1) is 0 Å². The van der Waals surface area contributed by atoms with Gasteiger partial charge in [-0.2, -0.15) is 4.98 Å². The van der Waals surface area contributed by atoms with Crippen molar-refractivity contribution in [3.63, 3.8) is 0 Å². The summed E-state index contributed by atoms with van der Waals surface area (Å²) in [7, 11) is 0. The summed E-state index contributed by atoms with van der Waals surface area (Å²) >= 11 is 1.54. The first kappa shape index (κ1) is 24.3. The number of para-hydroxylation sites is 1. The quantitative estimate of drug-likeness (QED) is 0.286. The molecule has 0 bridgehead atoms. The molecule has 2 heterocycles. The summed E-state index contributed by atoms with van der Waals surface area (Å²) in [6.45, 7) is 3.34. The van der Waals surface area contributed by atoms with Crippen LogP contribution in [0.1, 0.15) is 31.0 Å². The standard InChI is InChI=1S/C28H26N6O2S/c1-18-24(26(36)31-22-11-7-4-8-12-22)25(21-13-15-23(16-14-21)30-19(2)35)34-27(29-18)32-28(33-34)37-17-20-9-5-3-6-10-20/h3-16,25H,17H2,1-2H3,(H,30,35)(H,31,36)(H,29,32,33)/t25-/m0/s1. The number of hydrogen-bond acceptors (Lipinski definition) is 6. The van der Waals surface area contributed by atoms with Crippen molar-refractivity contribution in [2.24, 2.45) is 0 Å². The molecular weight excluding hydrogens is 484 g/mol. The third-order valence-corrected chi connectivity index (χ3v) is 6.78. The number of carbonyl (C=O) groups is 2. The van der Waals surface area contributed by atoms with Gasteiger partial charge in [0.25, 0.3) is 5.91 Å². The largest absolute Gasteiger partial charge is 0.328 e. The lowest BCUT2D eigenvalue weighted by atomic mass is 9.94. The number of hydrogen-bond donors (Lipinski definition) is 3. The molecule has 9 heteroatoms. The summed E-state index contributed by atoms with van der Waals surface area (Å²) in [6.07, 6.45) is 0. The molecule has 1 aliphatic heterocycles. The fraction of sp³-hybridized carbons (Fsp3) is 0.143. The summed E-state index contributed by atoms with van der Waals surface area (Å²) in [5, 5.41) is 14.5. The van der Waals surface area contributed by atoms with Crippen LogP contribution in [0.3, 0.4) is 0 Å². The topological polar surface area (TPSA) is 101 Å². The predicted octanol–water partition coefficient (Wildman–Crippen LogP) is 5.46. The molecule has 0 saturated heterocycles. The lowest BCUT2D eigenvalue weighted by Crippen LogP contribution is -2.31. The zero-order chi connectivity index (χ0) is 25.8. The van der Waals surface area contributed by atoms with E-state index < -0.39 is 6.04 Å².